The zero-order valence-electron chi connectivity index (χ0n) is 11.0. The second-order valence-electron chi connectivity index (χ2n) is 4.53. The first-order chi connectivity index (χ1) is 9.08. The fourth-order valence-electron chi connectivity index (χ4n) is 2.32. The van der Waals surface area contributed by atoms with Crippen LogP contribution in [0.4, 0.5) is 0 Å². The number of nitrogens with one attached hydrogen (secondary N) is 2. The molecule has 0 bridgehead atoms. The molecule has 0 amide bonds. The summed E-state index contributed by atoms with van der Waals surface area (Å²) in [6.07, 6.45) is 0.0626. The van der Waals surface area contributed by atoms with Crippen molar-refractivity contribution in [3.8, 4) is 5.75 Å². The quantitative estimate of drug-likeness (QED) is 0.668. The standard InChI is InChI=1S/C14H18N2O3/c1-3-10(15-2)14(19)9-4-6-11(17)13-8(9)5-7-12(18)16-13/h4-7,10,14-15,17,19H,3H2,1-2H3,(H,16,18). The Labute approximate surface area is 110 Å². The van der Waals surface area contributed by atoms with Crippen LogP contribution in [0.3, 0.4) is 0 Å². The van der Waals surface area contributed by atoms with Crippen LogP contribution in [-0.2, 0) is 0 Å². The molecule has 2 aromatic rings. The zero-order valence-corrected chi connectivity index (χ0v) is 11.0. The van der Waals surface area contributed by atoms with E-state index in [0.29, 0.717) is 16.5 Å². The van der Waals surface area contributed by atoms with Gasteiger partial charge in [0.2, 0.25) is 5.56 Å². The molecule has 0 fully saturated rings. The minimum atomic E-state index is -0.705. The largest absolute Gasteiger partial charge is 0.506 e. The first kappa shape index (κ1) is 13.6. The third-order valence-corrected chi connectivity index (χ3v) is 3.42. The minimum absolute atomic E-state index is 0.00107. The minimum Gasteiger partial charge on any atom is -0.506 e. The molecular weight excluding hydrogens is 244 g/mol. The Balaban J connectivity index is 2.61. The second-order valence-corrected chi connectivity index (χ2v) is 4.53. The smallest absolute Gasteiger partial charge is 0.248 e. The average molecular weight is 262 g/mol. The Bertz CT molecular complexity index is 632. The molecule has 0 aliphatic carbocycles. The van der Waals surface area contributed by atoms with Crippen LogP contribution in [0.5, 0.6) is 5.75 Å². The molecule has 0 aliphatic heterocycles. The topological polar surface area (TPSA) is 85.3 Å². The van der Waals surface area contributed by atoms with Gasteiger partial charge in [-0.15, -0.1) is 0 Å². The fourth-order valence-corrected chi connectivity index (χ4v) is 2.32. The lowest BCUT2D eigenvalue weighted by atomic mass is 9.96. The molecule has 2 atom stereocenters. The van der Waals surface area contributed by atoms with Crippen LogP contribution in [0, 0.1) is 0 Å². The van der Waals surface area contributed by atoms with Crippen molar-refractivity contribution in [3.63, 3.8) is 0 Å². The number of likely N-dealkylation sites (N-methyl/N-ethyl adjacent to an activating group) is 1. The number of rotatable bonds is 4. The van der Waals surface area contributed by atoms with Crippen molar-refractivity contribution in [2.75, 3.05) is 7.05 Å². The van der Waals surface area contributed by atoms with Crippen LogP contribution in [0.15, 0.2) is 29.1 Å². The molecule has 0 saturated heterocycles. The molecule has 2 unspecified atom stereocenters. The molecule has 4 N–H and O–H groups in total. The highest BCUT2D eigenvalue weighted by Crippen LogP contribution is 2.30. The molecule has 5 heteroatoms. The molecule has 0 aliphatic rings. The number of H-pyrrole nitrogens is 1. The van der Waals surface area contributed by atoms with Crippen LogP contribution in [0.25, 0.3) is 10.9 Å². The monoisotopic (exact) mass is 262 g/mol. The first-order valence-electron chi connectivity index (χ1n) is 6.28. The lowest BCUT2D eigenvalue weighted by Gasteiger charge is -2.22. The molecule has 19 heavy (non-hydrogen) atoms. The van der Waals surface area contributed by atoms with Gasteiger partial charge in [0.15, 0.2) is 0 Å². The number of phenolic OH excluding ortho intramolecular Hbond substituents is 1. The zero-order chi connectivity index (χ0) is 14.0. The highest BCUT2D eigenvalue weighted by atomic mass is 16.3. The van der Waals surface area contributed by atoms with E-state index in [4.69, 9.17) is 0 Å². The average Bonchev–Trinajstić information content (AvgIpc) is 2.41. The van der Waals surface area contributed by atoms with Crippen LogP contribution in [-0.4, -0.2) is 28.3 Å². The number of fused-ring (bicyclic) bond motifs is 1. The van der Waals surface area contributed by atoms with E-state index in [1.165, 1.54) is 12.1 Å². The molecule has 102 valence electrons. The van der Waals surface area contributed by atoms with Crippen molar-refractivity contribution in [2.24, 2.45) is 0 Å². The number of aromatic amines is 1. The predicted molar refractivity (Wildman–Crippen MR) is 74.3 cm³/mol. The van der Waals surface area contributed by atoms with Crippen molar-refractivity contribution in [3.05, 3.63) is 40.2 Å². The summed E-state index contributed by atoms with van der Waals surface area (Å²) in [5.41, 5.74) is 0.760. The van der Waals surface area contributed by atoms with Gasteiger partial charge in [-0.3, -0.25) is 4.79 Å². The summed E-state index contributed by atoms with van der Waals surface area (Å²) in [5.74, 6) is 0.00107. The lowest BCUT2D eigenvalue weighted by Crippen LogP contribution is -2.31. The number of aliphatic hydroxyl groups is 1. The van der Waals surface area contributed by atoms with Gasteiger partial charge in [0.25, 0.3) is 0 Å². The van der Waals surface area contributed by atoms with Crippen LogP contribution >= 0.6 is 0 Å². The summed E-state index contributed by atoms with van der Waals surface area (Å²) in [6, 6.07) is 6.09. The fraction of sp³-hybridized carbons (Fsp3) is 0.357. The van der Waals surface area contributed by atoms with E-state index < -0.39 is 6.10 Å². The van der Waals surface area contributed by atoms with E-state index in [9.17, 15) is 15.0 Å². The van der Waals surface area contributed by atoms with E-state index in [-0.39, 0.29) is 17.4 Å². The Morgan fingerprint density at radius 2 is 2.05 bits per heavy atom. The molecule has 2 rings (SSSR count). The van der Waals surface area contributed by atoms with Crippen LogP contribution < -0.4 is 10.9 Å². The Kier molecular flexibility index (Phi) is 3.87. The van der Waals surface area contributed by atoms with Crippen molar-refractivity contribution in [1.29, 1.82) is 0 Å². The Hall–Kier alpha value is -1.85. The van der Waals surface area contributed by atoms with Gasteiger partial charge in [0.05, 0.1) is 11.6 Å². The maximum absolute atomic E-state index is 11.3. The summed E-state index contributed by atoms with van der Waals surface area (Å²) in [5, 5.41) is 23.9. The van der Waals surface area contributed by atoms with E-state index in [0.717, 1.165) is 6.42 Å². The van der Waals surface area contributed by atoms with Crippen molar-refractivity contribution in [2.45, 2.75) is 25.5 Å². The molecule has 0 spiro atoms. The number of aromatic nitrogens is 1. The van der Waals surface area contributed by atoms with Crippen LogP contribution in [0.1, 0.15) is 25.0 Å². The van der Waals surface area contributed by atoms with Crippen molar-refractivity contribution < 1.29 is 10.2 Å². The van der Waals surface area contributed by atoms with Crippen molar-refractivity contribution >= 4 is 10.9 Å². The highest BCUT2D eigenvalue weighted by Gasteiger charge is 2.20. The second kappa shape index (κ2) is 5.42. The number of hydrogen-bond acceptors (Lipinski definition) is 4. The number of hydrogen-bond donors (Lipinski definition) is 4. The van der Waals surface area contributed by atoms with E-state index in [1.807, 2.05) is 6.92 Å². The van der Waals surface area contributed by atoms with Gasteiger partial charge in [-0.05, 0) is 31.2 Å². The van der Waals surface area contributed by atoms with E-state index >= 15 is 0 Å². The maximum Gasteiger partial charge on any atom is 0.248 e. The lowest BCUT2D eigenvalue weighted by molar-refractivity contribution is 0.131. The summed E-state index contributed by atoms with van der Waals surface area (Å²) in [4.78, 5) is 13.9. The van der Waals surface area contributed by atoms with E-state index in [2.05, 4.69) is 10.3 Å². The van der Waals surface area contributed by atoms with Gasteiger partial charge in [-0.1, -0.05) is 13.0 Å². The third kappa shape index (κ3) is 2.47. The van der Waals surface area contributed by atoms with Gasteiger partial charge < -0.3 is 20.5 Å². The van der Waals surface area contributed by atoms with Gasteiger partial charge in [-0.2, -0.15) is 0 Å². The van der Waals surface area contributed by atoms with Gasteiger partial charge in [0.1, 0.15) is 5.75 Å². The summed E-state index contributed by atoms with van der Waals surface area (Å²) >= 11 is 0. The highest BCUT2D eigenvalue weighted by molar-refractivity contribution is 5.87. The van der Waals surface area contributed by atoms with Crippen LogP contribution in [0.2, 0.25) is 0 Å². The normalized spacial score (nSPS) is 14.5. The molecular formula is C14H18N2O3. The molecule has 5 nitrogen and oxygen atoms in total. The first-order valence-corrected chi connectivity index (χ1v) is 6.28. The van der Waals surface area contributed by atoms with Gasteiger partial charge >= 0.3 is 0 Å². The SMILES string of the molecule is CCC(NC)C(O)c1ccc(O)c2[nH]c(=O)ccc12. The van der Waals surface area contributed by atoms with E-state index in [1.54, 1.807) is 19.2 Å². The third-order valence-electron chi connectivity index (χ3n) is 3.42. The van der Waals surface area contributed by atoms with Gasteiger partial charge in [0, 0.05) is 17.5 Å². The summed E-state index contributed by atoms with van der Waals surface area (Å²) in [6.45, 7) is 1.98. The molecule has 0 saturated carbocycles. The molecule has 0 radical (unpaired) electrons. The number of pyridine rings is 1. The molecule has 1 heterocycles. The predicted octanol–water partition coefficient (Wildman–Crippen LogP) is 1.27. The molecule has 1 aromatic carbocycles. The number of aromatic hydroxyl groups is 1. The number of benzene rings is 1. The maximum atomic E-state index is 11.3. The Morgan fingerprint density at radius 3 is 2.68 bits per heavy atom. The molecule has 1 aromatic heterocycles. The summed E-state index contributed by atoms with van der Waals surface area (Å²) in [7, 11) is 1.79. The number of aliphatic hydroxyl groups excluding tert-OH is 1. The number of phenols is 1. The van der Waals surface area contributed by atoms with Gasteiger partial charge in [-0.25, -0.2) is 0 Å². The summed E-state index contributed by atoms with van der Waals surface area (Å²) < 4.78 is 0. The Morgan fingerprint density at radius 1 is 1.32 bits per heavy atom. The van der Waals surface area contributed by atoms with Crippen molar-refractivity contribution in [1.82, 2.24) is 10.3 Å².